The van der Waals surface area contributed by atoms with Crippen molar-refractivity contribution >= 4 is 11.6 Å². The zero-order valence-electron chi connectivity index (χ0n) is 9.56. The molecule has 0 bridgehead atoms. The predicted octanol–water partition coefficient (Wildman–Crippen LogP) is 2.95. The SMILES string of the molecule is CCNCCOc1ccc(Cl)c(C)c1C. The topological polar surface area (TPSA) is 21.3 Å². The van der Waals surface area contributed by atoms with Gasteiger partial charge >= 0.3 is 0 Å². The maximum atomic E-state index is 6.00. The summed E-state index contributed by atoms with van der Waals surface area (Å²) < 4.78 is 5.65. The minimum atomic E-state index is 0.690. The Balaban J connectivity index is 2.58. The van der Waals surface area contributed by atoms with Crippen molar-refractivity contribution in [1.29, 1.82) is 0 Å². The van der Waals surface area contributed by atoms with Crippen LogP contribution in [0.15, 0.2) is 12.1 Å². The van der Waals surface area contributed by atoms with Crippen molar-refractivity contribution < 1.29 is 4.74 Å². The van der Waals surface area contributed by atoms with Crippen molar-refractivity contribution in [2.75, 3.05) is 19.7 Å². The van der Waals surface area contributed by atoms with E-state index in [1.165, 1.54) is 0 Å². The second-order valence-electron chi connectivity index (χ2n) is 3.50. The van der Waals surface area contributed by atoms with E-state index in [9.17, 15) is 0 Å². The quantitative estimate of drug-likeness (QED) is 0.781. The summed E-state index contributed by atoms with van der Waals surface area (Å²) in [5.41, 5.74) is 2.22. The lowest BCUT2D eigenvalue weighted by Crippen LogP contribution is -2.20. The van der Waals surface area contributed by atoms with Gasteiger partial charge in [-0.25, -0.2) is 0 Å². The lowest BCUT2D eigenvalue weighted by Gasteiger charge is -2.12. The first-order chi connectivity index (χ1) is 7.16. The number of nitrogens with one attached hydrogen (secondary N) is 1. The number of hydrogen-bond acceptors (Lipinski definition) is 2. The van der Waals surface area contributed by atoms with E-state index in [2.05, 4.69) is 12.2 Å². The molecule has 0 radical (unpaired) electrons. The Morgan fingerprint density at radius 3 is 2.67 bits per heavy atom. The number of likely N-dealkylation sites (N-methyl/N-ethyl adjacent to an activating group) is 1. The predicted molar refractivity (Wildman–Crippen MR) is 65.0 cm³/mol. The average molecular weight is 228 g/mol. The lowest BCUT2D eigenvalue weighted by molar-refractivity contribution is 0.313. The van der Waals surface area contributed by atoms with Gasteiger partial charge in [-0.2, -0.15) is 0 Å². The summed E-state index contributed by atoms with van der Waals surface area (Å²) in [6.45, 7) is 8.66. The minimum absolute atomic E-state index is 0.690. The van der Waals surface area contributed by atoms with Crippen LogP contribution in [0.25, 0.3) is 0 Å². The molecule has 3 heteroatoms. The molecular weight excluding hydrogens is 210 g/mol. The molecule has 0 spiro atoms. The van der Waals surface area contributed by atoms with Gasteiger partial charge in [-0.15, -0.1) is 0 Å². The van der Waals surface area contributed by atoms with E-state index in [4.69, 9.17) is 16.3 Å². The Hall–Kier alpha value is -0.730. The molecule has 0 atom stereocenters. The van der Waals surface area contributed by atoms with Crippen molar-refractivity contribution in [2.45, 2.75) is 20.8 Å². The van der Waals surface area contributed by atoms with Crippen LogP contribution in [-0.2, 0) is 0 Å². The number of rotatable bonds is 5. The van der Waals surface area contributed by atoms with Gasteiger partial charge in [0, 0.05) is 11.6 Å². The molecule has 0 aromatic heterocycles. The molecule has 1 N–H and O–H groups in total. The van der Waals surface area contributed by atoms with Crippen LogP contribution < -0.4 is 10.1 Å². The molecule has 0 fully saturated rings. The zero-order valence-corrected chi connectivity index (χ0v) is 10.3. The summed E-state index contributed by atoms with van der Waals surface area (Å²) in [7, 11) is 0. The molecule has 0 unspecified atom stereocenters. The molecule has 0 aliphatic carbocycles. The molecule has 0 heterocycles. The van der Waals surface area contributed by atoms with Crippen LogP contribution >= 0.6 is 11.6 Å². The Morgan fingerprint density at radius 1 is 1.27 bits per heavy atom. The summed E-state index contributed by atoms with van der Waals surface area (Å²) >= 11 is 6.00. The Morgan fingerprint density at radius 2 is 2.00 bits per heavy atom. The fourth-order valence-corrected chi connectivity index (χ4v) is 1.53. The lowest BCUT2D eigenvalue weighted by atomic mass is 10.1. The molecule has 0 saturated heterocycles. The van der Waals surface area contributed by atoms with Crippen LogP contribution in [0.1, 0.15) is 18.1 Å². The van der Waals surface area contributed by atoms with Gasteiger partial charge in [0.2, 0.25) is 0 Å². The van der Waals surface area contributed by atoms with Crippen molar-refractivity contribution in [3.05, 3.63) is 28.3 Å². The summed E-state index contributed by atoms with van der Waals surface area (Å²) in [6, 6.07) is 3.81. The van der Waals surface area contributed by atoms with E-state index in [0.29, 0.717) is 6.61 Å². The summed E-state index contributed by atoms with van der Waals surface area (Å²) in [5.74, 6) is 0.926. The van der Waals surface area contributed by atoms with Crippen molar-refractivity contribution in [2.24, 2.45) is 0 Å². The van der Waals surface area contributed by atoms with Gasteiger partial charge in [0.25, 0.3) is 0 Å². The molecule has 0 saturated carbocycles. The van der Waals surface area contributed by atoms with Crippen LogP contribution in [0, 0.1) is 13.8 Å². The number of hydrogen-bond donors (Lipinski definition) is 1. The van der Waals surface area contributed by atoms with Crippen LogP contribution in [0.4, 0.5) is 0 Å². The van der Waals surface area contributed by atoms with E-state index < -0.39 is 0 Å². The highest BCUT2D eigenvalue weighted by atomic mass is 35.5. The third kappa shape index (κ3) is 3.40. The standard InChI is InChI=1S/C12H18ClNO/c1-4-14-7-8-15-12-6-5-11(13)9(2)10(12)3/h5-6,14H,4,7-8H2,1-3H3. The van der Waals surface area contributed by atoms with Crippen LogP contribution in [0.3, 0.4) is 0 Å². The van der Waals surface area contributed by atoms with Gasteiger partial charge in [0.05, 0.1) is 0 Å². The monoisotopic (exact) mass is 227 g/mol. The first-order valence-corrected chi connectivity index (χ1v) is 5.63. The number of ether oxygens (including phenoxy) is 1. The second kappa shape index (κ2) is 5.99. The maximum Gasteiger partial charge on any atom is 0.122 e. The average Bonchev–Trinajstić information content (AvgIpc) is 2.24. The Labute approximate surface area is 96.6 Å². The van der Waals surface area contributed by atoms with E-state index in [-0.39, 0.29) is 0 Å². The second-order valence-corrected chi connectivity index (χ2v) is 3.90. The van der Waals surface area contributed by atoms with Crippen LogP contribution in [-0.4, -0.2) is 19.7 Å². The third-order valence-electron chi connectivity index (χ3n) is 2.46. The van der Waals surface area contributed by atoms with Gasteiger partial charge in [-0.3, -0.25) is 0 Å². The van der Waals surface area contributed by atoms with Crippen molar-refractivity contribution in [3.63, 3.8) is 0 Å². The molecule has 0 amide bonds. The molecule has 0 aliphatic rings. The highest BCUT2D eigenvalue weighted by molar-refractivity contribution is 6.31. The fraction of sp³-hybridized carbons (Fsp3) is 0.500. The number of halogens is 1. The van der Waals surface area contributed by atoms with Gasteiger partial charge in [0.15, 0.2) is 0 Å². The van der Waals surface area contributed by atoms with E-state index in [0.717, 1.165) is 35.0 Å². The summed E-state index contributed by atoms with van der Waals surface area (Å²) in [6.07, 6.45) is 0. The van der Waals surface area contributed by atoms with Gasteiger partial charge in [-0.05, 0) is 43.7 Å². The molecule has 1 aromatic carbocycles. The first kappa shape index (κ1) is 12.3. The molecule has 84 valence electrons. The molecule has 1 rings (SSSR count). The summed E-state index contributed by atoms with van der Waals surface area (Å²) in [4.78, 5) is 0. The van der Waals surface area contributed by atoms with Gasteiger partial charge < -0.3 is 10.1 Å². The van der Waals surface area contributed by atoms with Crippen LogP contribution in [0.2, 0.25) is 5.02 Å². The molecule has 1 aromatic rings. The molecular formula is C12H18ClNO. The molecule has 2 nitrogen and oxygen atoms in total. The van der Waals surface area contributed by atoms with E-state index >= 15 is 0 Å². The first-order valence-electron chi connectivity index (χ1n) is 5.26. The molecule has 0 aliphatic heterocycles. The van der Waals surface area contributed by atoms with Crippen molar-refractivity contribution in [3.8, 4) is 5.75 Å². The van der Waals surface area contributed by atoms with Gasteiger partial charge in [-0.1, -0.05) is 18.5 Å². The maximum absolute atomic E-state index is 6.00. The third-order valence-corrected chi connectivity index (χ3v) is 2.87. The smallest absolute Gasteiger partial charge is 0.122 e. The fourth-order valence-electron chi connectivity index (χ4n) is 1.33. The van der Waals surface area contributed by atoms with E-state index in [1.54, 1.807) is 0 Å². The zero-order chi connectivity index (χ0) is 11.3. The van der Waals surface area contributed by atoms with E-state index in [1.807, 2.05) is 26.0 Å². The highest BCUT2D eigenvalue weighted by Crippen LogP contribution is 2.26. The van der Waals surface area contributed by atoms with Gasteiger partial charge in [0.1, 0.15) is 12.4 Å². The molecule has 15 heavy (non-hydrogen) atoms. The van der Waals surface area contributed by atoms with Crippen LogP contribution in [0.5, 0.6) is 5.75 Å². The van der Waals surface area contributed by atoms with Crippen molar-refractivity contribution in [1.82, 2.24) is 5.32 Å². The largest absolute Gasteiger partial charge is 0.492 e. The number of benzene rings is 1. The normalized spacial score (nSPS) is 10.4. The Bertz CT molecular complexity index is 326. The minimum Gasteiger partial charge on any atom is -0.492 e. The Kier molecular flexibility index (Phi) is 4.92. The highest BCUT2D eigenvalue weighted by Gasteiger charge is 2.05. The summed E-state index contributed by atoms with van der Waals surface area (Å²) in [5, 5.41) is 4.01.